The van der Waals surface area contributed by atoms with Gasteiger partial charge in [-0.1, -0.05) is 18.2 Å². The van der Waals surface area contributed by atoms with Gasteiger partial charge >= 0.3 is 0 Å². The predicted molar refractivity (Wildman–Crippen MR) is 66.2 cm³/mol. The average molecular weight is 267 g/mol. The molecule has 0 spiro atoms. The van der Waals surface area contributed by atoms with Crippen molar-refractivity contribution in [1.82, 2.24) is 0 Å². The Balaban J connectivity index is 2.43. The second-order valence-electron chi connectivity index (χ2n) is 2.67. The first-order valence-corrected chi connectivity index (χ1v) is 7.05. The molecule has 0 heterocycles. The lowest BCUT2D eigenvalue weighted by Crippen LogP contribution is -2.00. The molecule has 15 heavy (non-hydrogen) atoms. The molecule has 1 aromatic rings. The molecule has 5 heteroatoms. The minimum Gasteiger partial charge on any atom is -0.447 e. The molecule has 0 saturated carbocycles. The van der Waals surface area contributed by atoms with Gasteiger partial charge in [0.15, 0.2) is 0 Å². The highest BCUT2D eigenvalue weighted by Gasteiger charge is 2.11. The van der Waals surface area contributed by atoms with Crippen molar-refractivity contribution in [2.45, 2.75) is 0 Å². The van der Waals surface area contributed by atoms with Crippen molar-refractivity contribution in [3.8, 4) is 5.75 Å². The Kier molecular flexibility index (Phi) is 7.12. The largest absolute Gasteiger partial charge is 0.447 e. The number of rotatable bonds is 7. The Bertz CT molecular complexity index is 259. The summed E-state index contributed by atoms with van der Waals surface area (Å²) >= 11 is 11.2. The zero-order valence-corrected chi connectivity index (χ0v) is 10.6. The molecular formula is C10H13Cl2O2P. The van der Waals surface area contributed by atoms with Gasteiger partial charge in [-0.2, -0.15) is 0 Å². The van der Waals surface area contributed by atoms with E-state index in [1.165, 1.54) is 0 Å². The zero-order valence-electron chi connectivity index (χ0n) is 8.23. The van der Waals surface area contributed by atoms with E-state index in [2.05, 4.69) is 0 Å². The zero-order chi connectivity index (χ0) is 10.9. The first-order chi connectivity index (χ1) is 7.36. The van der Waals surface area contributed by atoms with E-state index in [0.29, 0.717) is 24.5 Å². The maximum Gasteiger partial charge on any atom is 0.231 e. The van der Waals surface area contributed by atoms with Crippen LogP contribution in [0, 0.1) is 0 Å². The van der Waals surface area contributed by atoms with Crippen LogP contribution >= 0.6 is 31.6 Å². The third-order valence-corrected chi connectivity index (χ3v) is 3.61. The summed E-state index contributed by atoms with van der Waals surface area (Å²) in [6.45, 7) is 0.497. The molecule has 0 bridgehead atoms. The minimum atomic E-state index is -0.959. The number of hydrogen-bond acceptors (Lipinski definition) is 2. The molecule has 0 saturated heterocycles. The van der Waals surface area contributed by atoms with E-state index < -0.39 is 8.38 Å². The Morgan fingerprint density at radius 1 is 1.07 bits per heavy atom. The predicted octanol–water partition coefficient (Wildman–Crippen LogP) is 3.87. The number of para-hydroxylation sites is 1. The third-order valence-electron chi connectivity index (χ3n) is 1.53. The second kappa shape index (κ2) is 8.18. The molecule has 0 fully saturated rings. The number of alkyl halides is 2. The summed E-state index contributed by atoms with van der Waals surface area (Å²) in [6, 6.07) is 9.58. The molecule has 1 unspecified atom stereocenters. The highest BCUT2D eigenvalue weighted by Crippen LogP contribution is 2.39. The molecule has 0 aromatic heterocycles. The van der Waals surface area contributed by atoms with Gasteiger partial charge in [-0.3, -0.25) is 0 Å². The Labute approximate surface area is 101 Å². The summed E-state index contributed by atoms with van der Waals surface area (Å²) in [4.78, 5) is 0. The standard InChI is InChI=1S/C10H13Cl2O2P/c11-6-8-13-15(9-7-12)14-10-4-2-1-3-5-10/h1-5H,6-9H2. The smallest absolute Gasteiger partial charge is 0.231 e. The van der Waals surface area contributed by atoms with Crippen molar-refractivity contribution >= 4 is 31.6 Å². The van der Waals surface area contributed by atoms with Crippen LogP contribution in [-0.2, 0) is 4.52 Å². The molecular weight excluding hydrogens is 254 g/mol. The molecule has 0 amide bonds. The van der Waals surface area contributed by atoms with Gasteiger partial charge in [0.1, 0.15) is 5.75 Å². The van der Waals surface area contributed by atoms with Crippen molar-refractivity contribution in [1.29, 1.82) is 0 Å². The maximum atomic E-state index is 5.66. The van der Waals surface area contributed by atoms with E-state index in [0.717, 1.165) is 5.75 Å². The molecule has 1 atom stereocenters. The first kappa shape index (κ1) is 13.1. The van der Waals surface area contributed by atoms with Gasteiger partial charge in [0.05, 0.1) is 6.61 Å². The van der Waals surface area contributed by atoms with Gasteiger partial charge in [-0.05, 0) is 12.1 Å². The minimum absolute atomic E-state index is 0.471. The molecule has 0 aliphatic rings. The van der Waals surface area contributed by atoms with Crippen LogP contribution in [0.25, 0.3) is 0 Å². The van der Waals surface area contributed by atoms with Crippen molar-refractivity contribution in [3.05, 3.63) is 30.3 Å². The molecule has 0 N–H and O–H groups in total. The quantitative estimate of drug-likeness (QED) is 0.551. The topological polar surface area (TPSA) is 18.5 Å². The van der Waals surface area contributed by atoms with E-state index in [9.17, 15) is 0 Å². The molecule has 1 rings (SSSR count). The van der Waals surface area contributed by atoms with E-state index in [-0.39, 0.29) is 0 Å². The van der Waals surface area contributed by atoms with Crippen molar-refractivity contribution in [2.75, 3.05) is 24.5 Å². The molecule has 0 aliphatic carbocycles. The van der Waals surface area contributed by atoms with Crippen LogP contribution in [0.2, 0.25) is 0 Å². The number of hydrogen-bond donors (Lipinski definition) is 0. The fourth-order valence-electron chi connectivity index (χ4n) is 0.941. The van der Waals surface area contributed by atoms with Gasteiger partial charge in [0, 0.05) is 17.9 Å². The van der Waals surface area contributed by atoms with Crippen LogP contribution in [-0.4, -0.2) is 24.5 Å². The van der Waals surface area contributed by atoms with E-state index in [1.807, 2.05) is 30.3 Å². The Morgan fingerprint density at radius 3 is 2.40 bits per heavy atom. The monoisotopic (exact) mass is 266 g/mol. The highest BCUT2D eigenvalue weighted by atomic mass is 35.5. The highest BCUT2D eigenvalue weighted by molar-refractivity contribution is 7.47. The van der Waals surface area contributed by atoms with Crippen LogP contribution in [0.3, 0.4) is 0 Å². The van der Waals surface area contributed by atoms with Gasteiger partial charge in [0.2, 0.25) is 8.38 Å². The second-order valence-corrected chi connectivity index (χ2v) is 4.98. The van der Waals surface area contributed by atoms with E-state index in [4.69, 9.17) is 32.2 Å². The van der Waals surface area contributed by atoms with Gasteiger partial charge in [-0.15, -0.1) is 23.2 Å². The summed E-state index contributed by atoms with van der Waals surface area (Å²) in [6.07, 6.45) is 0.711. The van der Waals surface area contributed by atoms with Crippen molar-refractivity contribution in [3.63, 3.8) is 0 Å². The van der Waals surface area contributed by atoms with Crippen molar-refractivity contribution in [2.24, 2.45) is 0 Å². The van der Waals surface area contributed by atoms with E-state index >= 15 is 0 Å². The molecule has 0 aliphatic heterocycles. The molecule has 1 aromatic carbocycles. The lowest BCUT2D eigenvalue weighted by Gasteiger charge is -2.16. The van der Waals surface area contributed by atoms with Crippen LogP contribution < -0.4 is 4.52 Å². The van der Waals surface area contributed by atoms with Gasteiger partial charge in [-0.25, -0.2) is 0 Å². The summed E-state index contributed by atoms with van der Waals surface area (Å²) in [5.41, 5.74) is 0. The van der Waals surface area contributed by atoms with Gasteiger partial charge < -0.3 is 9.05 Å². The summed E-state index contributed by atoms with van der Waals surface area (Å²) in [5.74, 6) is 1.81. The fourth-order valence-corrected chi connectivity index (χ4v) is 2.60. The summed E-state index contributed by atoms with van der Waals surface area (Å²) < 4.78 is 11.1. The Hall–Kier alpha value is -0.0100. The van der Waals surface area contributed by atoms with Crippen LogP contribution in [0.1, 0.15) is 0 Å². The van der Waals surface area contributed by atoms with Crippen LogP contribution in [0.5, 0.6) is 5.75 Å². The number of benzene rings is 1. The Morgan fingerprint density at radius 2 is 1.80 bits per heavy atom. The molecule has 0 radical (unpaired) electrons. The SMILES string of the molecule is ClCCOP(CCCl)Oc1ccccc1. The lowest BCUT2D eigenvalue weighted by molar-refractivity contribution is 0.337. The average Bonchev–Trinajstić information content (AvgIpc) is 2.28. The fraction of sp³-hybridized carbons (Fsp3) is 0.400. The van der Waals surface area contributed by atoms with E-state index in [1.54, 1.807) is 0 Å². The lowest BCUT2D eigenvalue weighted by atomic mass is 10.3. The molecule has 2 nitrogen and oxygen atoms in total. The maximum absolute atomic E-state index is 5.66. The van der Waals surface area contributed by atoms with Crippen LogP contribution in [0.4, 0.5) is 0 Å². The summed E-state index contributed by atoms with van der Waals surface area (Å²) in [5, 5.41) is 0. The first-order valence-electron chi connectivity index (χ1n) is 4.62. The third kappa shape index (κ3) is 5.58. The van der Waals surface area contributed by atoms with Crippen molar-refractivity contribution < 1.29 is 9.05 Å². The molecule has 84 valence electrons. The van der Waals surface area contributed by atoms with Crippen LogP contribution in [0.15, 0.2) is 30.3 Å². The normalized spacial score (nSPS) is 12.4. The van der Waals surface area contributed by atoms with Gasteiger partial charge in [0.25, 0.3) is 0 Å². The number of halogens is 2. The summed E-state index contributed by atoms with van der Waals surface area (Å²) in [7, 11) is -0.959.